The first-order chi connectivity index (χ1) is 13.7. The van der Waals surface area contributed by atoms with Crippen LogP contribution in [0.2, 0.25) is 0 Å². The lowest BCUT2D eigenvalue weighted by molar-refractivity contribution is -0.130. The normalized spacial score (nSPS) is 20.8. The molecule has 1 atom stereocenters. The van der Waals surface area contributed by atoms with Gasteiger partial charge >= 0.3 is 6.03 Å². The van der Waals surface area contributed by atoms with E-state index in [9.17, 15) is 9.59 Å². The molecule has 4 nitrogen and oxygen atoms in total. The average molecular weight is 377 g/mol. The number of rotatable bonds is 6. The SMILES string of the molecule is O=C1C(CCc2ccccc2)N(Cc2ccccc2)C(=O)N1C1CCCCC1. The molecule has 0 spiro atoms. The lowest BCUT2D eigenvalue weighted by atomic mass is 9.94. The van der Waals surface area contributed by atoms with E-state index in [0.29, 0.717) is 13.0 Å². The summed E-state index contributed by atoms with van der Waals surface area (Å²) in [6, 6.07) is 19.8. The largest absolute Gasteiger partial charge is 0.328 e. The number of aryl methyl sites for hydroxylation is 1. The molecule has 1 aliphatic heterocycles. The average Bonchev–Trinajstić information content (AvgIpc) is 2.98. The van der Waals surface area contributed by atoms with Crippen molar-refractivity contribution in [3.8, 4) is 0 Å². The van der Waals surface area contributed by atoms with Gasteiger partial charge in [0, 0.05) is 12.6 Å². The molecular formula is C24H28N2O2. The second-order valence-corrected chi connectivity index (χ2v) is 7.94. The van der Waals surface area contributed by atoms with Crippen molar-refractivity contribution in [1.82, 2.24) is 9.80 Å². The molecule has 0 radical (unpaired) electrons. The highest BCUT2D eigenvalue weighted by molar-refractivity contribution is 6.04. The molecular weight excluding hydrogens is 348 g/mol. The van der Waals surface area contributed by atoms with Crippen LogP contribution in [0.15, 0.2) is 60.7 Å². The summed E-state index contributed by atoms with van der Waals surface area (Å²) < 4.78 is 0. The quantitative estimate of drug-likeness (QED) is 0.681. The number of urea groups is 1. The van der Waals surface area contributed by atoms with Gasteiger partial charge in [-0.3, -0.25) is 9.69 Å². The Hall–Kier alpha value is -2.62. The number of amides is 3. The van der Waals surface area contributed by atoms with Crippen molar-refractivity contribution in [3.63, 3.8) is 0 Å². The summed E-state index contributed by atoms with van der Waals surface area (Å²) in [6.45, 7) is 0.494. The molecule has 1 aliphatic carbocycles. The van der Waals surface area contributed by atoms with E-state index in [1.54, 1.807) is 9.80 Å². The third-order valence-electron chi connectivity index (χ3n) is 6.04. The van der Waals surface area contributed by atoms with E-state index in [1.165, 1.54) is 12.0 Å². The van der Waals surface area contributed by atoms with Crippen LogP contribution in [0.5, 0.6) is 0 Å². The lowest BCUT2D eigenvalue weighted by Crippen LogP contribution is -2.42. The van der Waals surface area contributed by atoms with Gasteiger partial charge in [0.25, 0.3) is 5.91 Å². The summed E-state index contributed by atoms with van der Waals surface area (Å²) in [5.41, 5.74) is 2.28. The van der Waals surface area contributed by atoms with Gasteiger partial charge in [0.05, 0.1) is 0 Å². The van der Waals surface area contributed by atoms with E-state index >= 15 is 0 Å². The number of imide groups is 1. The van der Waals surface area contributed by atoms with Crippen molar-refractivity contribution in [2.45, 2.75) is 63.6 Å². The van der Waals surface area contributed by atoms with Crippen molar-refractivity contribution >= 4 is 11.9 Å². The van der Waals surface area contributed by atoms with Gasteiger partial charge in [0.15, 0.2) is 0 Å². The summed E-state index contributed by atoms with van der Waals surface area (Å²) in [5, 5.41) is 0. The molecule has 4 heteroatoms. The molecule has 1 saturated heterocycles. The van der Waals surface area contributed by atoms with E-state index in [2.05, 4.69) is 12.1 Å². The Morgan fingerprint density at radius 2 is 1.39 bits per heavy atom. The molecule has 28 heavy (non-hydrogen) atoms. The highest BCUT2D eigenvalue weighted by Crippen LogP contribution is 2.31. The molecule has 1 saturated carbocycles. The first-order valence-corrected chi connectivity index (χ1v) is 10.5. The zero-order valence-electron chi connectivity index (χ0n) is 16.3. The minimum Gasteiger partial charge on any atom is -0.308 e. The second-order valence-electron chi connectivity index (χ2n) is 7.94. The maximum absolute atomic E-state index is 13.3. The third kappa shape index (κ3) is 3.96. The highest BCUT2D eigenvalue weighted by Gasteiger charge is 2.47. The van der Waals surface area contributed by atoms with Crippen molar-refractivity contribution < 1.29 is 9.59 Å². The summed E-state index contributed by atoms with van der Waals surface area (Å²) in [7, 11) is 0. The Balaban J connectivity index is 1.55. The van der Waals surface area contributed by atoms with Crippen LogP contribution in [0, 0.1) is 0 Å². The van der Waals surface area contributed by atoms with Crippen molar-refractivity contribution in [2.24, 2.45) is 0 Å². The summed E-state index contributed by atoms with van der Waals surface area (Å²) in [4.78, 5) is 30.0. The zero-order valence-corrected chi connectivity index (χ0v) is 16.3. The Morgan fingerprint density at radius 1 is 0.786 bits per heavy atom. The number of benzene rings is 2. The van der Waals surface area contributed by atoms with E-state index in [-0.39, 0.29) is 24.0 Å². The van der Waals surface area contributed by atoms with Gasteiger partial charge in [-0.25, -0.2) is 4.79 Å². The molecule has 2 aromatic carbocycles. The molecule has 0 bridgehead atoms. The smallest absolute Gasteiger partial charge is 0.308 e. The van der Waals surface area contributed by atoms with Gasteiger partial charge in [-0.1, -0.05) is 79.9 Å². The summed E-state index contributed by atoms with van der Waals surface area (Å²) >= 11 is 0. The van der Waals surface area contributed by atoms with E-state index in [4.69, 9.17) is 0 Å². The van der Waals surface area contributed by atoms with Crippen LogP contribution in [0.1, 0.15) is 49.7 Å². The van der Waals surface area contributed by atoms with Crippen LogP contribution in [0.25, 0.3) is 0 Å². The van der Waals surface area contributed by atoms with E-state index in [0.717, 1.165) is 37.7 Å². The Kier molecular flexibility index (Phi) is 5.75. The Bertz CT molecular complexity index is 800. The van der Waals surface area contributed by atoms with Gasteiger partial charge < -0.3 is 4.90 Å². The van der Waals surface area contributed by atoms with E-state index in [1.807, 2.05) is 48.5 Å². The predicted molar refractivity (Wildman–Crippen MR) is 110 cm³/mol. The molecule has 2 aliphatic rings. The fraction of sp³-hybridized carbons (Fsp3) is 0.417. The number of hydrogen-bond acceptors (Lipinski definition) is 2. The summed E-state index contributed by atoms with van der Waals surface area (Å²) in [5.74, 6) is 0.00348. The fourth-order valence-electron chi connectivity index (χ4n) is 4.52. The van der Waals surface area contributed by atoms with Crippen LogP contribution in [0.4, 0.5) is 4.79 Å². The molecule has 2 aromatic rings. The van der Waals surface area contributed by atoms with Crippen LogP contribution < -0.4 is 0 Å². The summed E-state index contributed by atoms with van der Waals surface area (Å²) in [6.07, 6.45) is 6.78. The molecule has 2 fully saturated rings. The molecule has 0 N–H and O–H groups in total. The molecule has 1 heterocycles. The second kappa shape index (κ2) is 8.59. The number of carbonyl (C=O) groups is 2. The number of nitrogens with zero attached hydrogens (tertiary/aromatic N) is 2. The topological polar surface area (TPSA) is 40.6 Å². The van der Waals surface area contributed by atoms with Gasteiger partial charge in [-0.15, -0.1) is 0 Å². The molecule has 3 amide bonds. The lowest BCUT2D eigenvalue weighted by Gasteiger charge is -2.29. The maximum atomic E-state index is 13.3. The monoisotopic (exact) mass is 376 g/mol. The predicted octanol–water partition coefficient (Wildman–Crippen LogP) is 4.78. The van der Waals surface area contributed by atoms with Gasteiger partial charge in [-0.2, -0.15) is 0 Å². The van der Waals surface area contributed by atoms with Crippen molar-refractivity contribution in [2.75, 3.05) is 0 Å². The van der Waals surface area contributed by atoms with Crippen LogP contribution >= 0.6 is 0 Å². The third-order valence-corrected chi connectivity index (χ3v) is 6.04. The fourth-order valence-corrected chi connectivity index (χ4v) is 4.52. The van der Waals surface area contributed by atoms with Gasteiger partial charge in [-0.05, 0) is 36.8 Å². The van der Waals surface area contributed by atoms with Gasteiger partial charge in [0.2, 0.25) is 0 Å². The number of hydrogen-bond donors (Lipinski definition) is 0. The highest BCUT2D eigenvalue weighted by atomic mass is 16.2. The van der Waals surface area contributed by atoms with Crippen LogP contribution in [-0.4, -0.2) is 33.8 Å². The van der Waals surface area contributed by atoms with Crippen LogP contribution in [0.3, 0.4) is 0 Å². The van der Waals surface area contributed by atoms with Crippen molar-refractivity contribution in [1.29, 1.82) is 0 Å². The zero-order chi connectivity index (χ0) is 19.3. The molecule has 146 valence electrons. The minimum absolute atomic E-state index is 0.00348. The Morgan fingerprint density at radius 3 is 2.04 bits per heavy atom. The minimum atomic E-state index is -0.366. The Labute approximate surface area is 167 Å². The molecule has 4 rings (SSSR count). The first kappa shape index (κ1) is 18.7. The maximum Gasteiger partial charge on any atom is 0.328 e. The number of carbonyl (C=O) groups excluding carboxylic acids is 2. The van der Waals surface area contributed by atoms with Gasteiger partial charge in [0.1, 0.15) is 6.04 Å². The molecule has 1 unspecified atom stereocenters. The van der Waals surface area contributed by atoms with Crippen LogP contribution in [-0.2, 0) is 17.8 Å². The molecule has 0 aromatic heterocycles. The van der Waals surface area contributed by atoms with Crippen molar-refractivity contribution in [3.05, 3.63) is 71.8 Å². The van der Waals surface area contributed by atoms with E-state index < -0.39 is 0 Å². The first-order valence-electron chi connectivity index (χ1n) is 10.5. The standard InChI is InChI=1S/C24H28N2O2/c27-23-22(17-16-19-10-4-1-5-11-19)25(18-20-12-6-2-7-13-20)24(28)26(23)21-14-8-3-9-15-21/h1-2,4-7,10-13,21-22H,3,8-9,14-18H2.